The van der Waals surface area contributed by atoms with Crippen molar-refractivity contribution in [2.24, 2.45) is 0 Å². The maximum atomic E-state index is 12.8. The van der Waals surface area contributed by atoms with E-state index in [0.29, 0.717) is 6.42 Å². The zero-order chi connectivity index (χ0) is 13.0. The number of hydrogen-bond acceptors (Lipinski definition) is 2. The molecule has 1 fully saturated rings. The zero-order valence-corrected chi connectivity index (χ0v) is 13.7. The highest BCUT2D eigenvalue weighted by atomic mass is 79.9. The van der Waals surface area contributed by atoms with E-state index in [1.807, 2.05) is 18.2 Å². The van der Waals surface area contributed by atoms with Crippen LogP contribution in [0.25, 0.3) is 0 Å². The molecule has 1 aliphatic heterocycles. The number of benzene rings is 1. The molecule has 1 saturated heterocycles. The third-order valence-electron chi connectivity index (χ3n) is 3.29. The Hall–Kier alpha value is 0.130. The minimum absolute atomic E-state index is 0. The fourth-order valence-electron chi connectivity index (χ4n) is 2.40. The van der Waals surface area contributed by atoms with Gasteiger partial charge < -0.3 is 5.32 Å². The third-order valence-corrected chi connectivity index (χ3v) is 4.13. The predicted octanol–water partition coefficient (Wildman–Crippen LogP) is 3.83. The van der Waals surface area contributed by atoms with E-state index in [2.05, 4.69) is 26.1 Å². The first-order chi connectivity index (χ1) is 8.72. The Balaban J connectivity index is 0.00000180. The van der Waals surface area contributed by atoms with Crippen molar-refractivity contribution >= 4 is 39.9 Å². The van der Waals surface area contributed by atoms with E-state index in [-0.39, 0.29) is 25.1 Å². The average molecular weight is 372 g/mol. The molecule has 1 atom stereocenters. The third kappa shape index (κ3) is 4.57. The van der Waals surface area contributed by atoms with Gasteiger partial charge in [-0.25, -0.2) is 0 Å². The van der Waals surface area contributed by atoms with Gasteiger partial charge in [-0.2, -0.15) is 0 Å². The van der Waals surface area contributed by atoms with Crippen molar-refractivity contribution < 1.29 is 4.39 Å². The lowest BCUT2D eigenvalue weighted by atomic mass is 10.0. The van der Waals surface area contributed by atoms with Gasteiger partial charge in [-0.3, -0.25) is 9.29 Å². The van der Waals surface area contributed by atoms with Gasteiger partial charge in [0.15, 0.2) is 0 Å². The summed E-state index contributed by atoms with van der Waals surface area (Å²) in [7, 11) is 0. The summed E-state index contributed by atoms with van der Waals surface area (Å²) in [5.41, 5.74) is 1.02. The Morgan fingerprint density at radius 3 is 2.68 bits per heavy atom. The SMILES string of the molecule is Cl.FCC[C@H](c1cc(Br)ccc1Cl)N1CCNCC1. The highest BCUT2D eigenvalue weighted by Gasteiger charge is 2.23. The van der Waals surface area contributed by atoms with Gasteiger partial charge in [0.1, 0.15) is 0 Å². The summed E-state index contributed by atoms with van der Waals surface area (Å²) >= 11 is 9.72. The number of hydrogen-bond donors (Lipinski definition) is 1. The van der Waals surface area contributed by atoms with Crippen molar-refractivity contribution in [3.63, 3.8) is 0 Å². The number of nitrogens with zero attached hydrogens (tertiary/aromatic N) is 1. The van der Waals surface area contributed by atoms with E-state index >= 15 is 0 Å². The topological polar surface area (TPSA) is 15.3 Å². The molecule has 0 aromatic heterocycles. The summed E-state index contributed by atoms with van der Waals surface area (Å²) in [6.07, 6.45) is 0.496. The first kappa shape index (κ1) is 17.2. The van der Waals surface area contributed by atoms with Gasteiger partial charge in [-0.1, -0.05) is 27.5 Å². The lowest BCUT2D eigenvalue weighted by Crippen LogP contribution is -2.45. The summed E-state index contributed by atoms with van der Waals surface area (Å²) in [5.74, 6) is 0. The molecule has 0 bridgehead atoms. The second kappa shape index (κ2) is 8.42. The van der Waals surface area contributed by atoms with E-state index in [0.717, 1.165) is 41.2 Å². The molecule has 1 N–H and O–H groups in total. The molecule has 0 amide bonds. The van der Waals surface area contributed by atoms with Gasteiger partial charge >= 0.3 is 0 Å². The minimum atomic E-state index is -0.322. The molecule has 19 heavy (non-hydrogen) atoms. The normalized spacial score (nSPS) is 17.8. The Bertz CT molecular complexity index is 400. The summed E-state index contributed by atoms with van der Waals surface area (Å²) in [4.78, 5) is 2.31. The quantitative estimate of drug-likeness (QED) is 0.865. The van der Waals surface area contributed by atoms with Gasteiger partial charge in [0.25, 0.3) is 0 Å². The van der Waals surface area contributed by atoms with Crippen LogP contribution in [0.2, 0.25) is 5.02 Å². The molecule has 0 unspecified atom stereocenters. The number of piperazine rings is 1. The molecule has 1 aromatic rings. The molecule has 0 radical (unpaired) electrons. The van der Waals surface area contributed by atoms with E-state index in [1.54, 1.807) is 0 Å². The molecule has 108 valence electrons. The smallest absolute Gasteiger partial charge is 0.0912 e. The van der Waals surface area contributed by atoms with Crippen molar-refractivity contribution in [2.45, 2.75) is 12.5 Å². The van der Waals surface area contributed by atoms with E-state index in [1.165, 1.54) is 0 Å². The van der Waals surface area contributed by atoms with Crippen LogP contribution in [0.15, 0.2) is 22.7 Å². The maximum Gasteiger partial charge on any atom is 0.0912 e. The molecule has 2 nitrogen and oxygen atoms in total. The summed E-state index contributed by atoms with van der Waals surface area (Å²) in [5, 5.41) is 4.03. The first-order valence-corrected chi connectivity index (χ1v) is 7.35. The first-order valence-electron chi connectivity index (χ1n) is 6.18. The Kier molecular flexibility index (Phi) is 7.62. The molecule has 1 aromatic carbocycles. The fraction of sp³-hybridized carbons (Fsp3) is 0.538. The molecule has 0 aliphatic carbocycles. The van der Waals surface area contributed by atoms with Crippen molar-refractivity contribution in [1.29, 1.82) is 0 Å². The molecular weight excluding hydrogens is 354 g/mol. The lowest BCUT2D eigenvalue weighted by molar-refractivity contribution is 0.157. The predicted molar refractivity (Wildman–Crippen MR) is 84.2 cm³/mol. The second-order valence-electron chi connectivity index (χ2n) is 4.45. The summed E-state index contributed by atoms with van der Waals surface area (Å²) in [6, 6.07) is 5.86. The van der Waals surface area contributed by atoms with Gasteiger partial charge in [-0.05, 0) is 30.2 Å². The zero-order valence-electron chi connectivity index (χ0n) is 10.5. The lowest BCUT2D eigenvalue weighted by Gasteiger charge is -2.35. The molecule has 0 spiro atoms. The van der Waals surface area contributed by atoms with Crippen molar-refractivity contribution in [1.82, 2.24) is 10.2 Å². The minimum Gasteiger partial charge on any atom is -0.314 e. The Labute approximate surface area is 133 Å². The van der Waals surface area contributed by atoms with Gasteiger partial charge in [0.2, 0.25) is 0 Å². The molecule has 1 heterocycles. The number of nitrogens with one attached hydrogen (secondary N) is 1. The molecule has 0 saturated carbocycles. The van der Waals surface area contributed by atoms with Crippen LogP contribution in [0.1, 0.15) is 18.0 Å². The highest BCUT2D eigenvalue weighted by Crippen LogP contribution is 2.32. The molecular formula is C13H18BrCl2FN2. The highest BCUT2D eigenvalue weighted by molar-refractivity contribution is 9.10. The maximum absolute atomic E-state index is 12.8. The van der Waals surface area contributed by atoms with Crippen LogP contribution in [0.3, 0.4) is 0 Å². The molecule has 6 heteroatoms. The van der Waals surface area contributed by atoms with Gasteiger partial charge in [-0.15, -0.1) is 12.4 Å². The average Bonchev–Trinajstić information content (AvgIpc) is 2.40. The van der Waals surface area contributed by atoms with E-state index in [4.69, 9.17) is 11.6 Å². The number of rotatable bonds is 4. The van der Waals surface area contributed by atoms with Crippen LogP contribution in [-0.2, 0) is 0 Å². The van der Waals surface area contributed by atoms with Crippen molar-refractivity contribution in [2.75, 3.05) is 32.9 Å². The van der Waals surface area contributed by atoms with Gasteiger partial charge in [0.05, 0.1) is 6.67 Å². The van der Waals surface area contributed by atoms with Gasteiger partial charge in [0, 0.05) is 41.7 Å². The summed E-state index contributed by atoms with van der Waals surface area (Å²) in [6.45, 7) is 3.46. The number of halogens is 4. The molecule has 1 aliphatic rings. The fourth-order valence-corrected chi connectivity index (χ4v) is 3.02. The molecule has 2 rings (SSSR count). The monoisotopic (exact) mass is 370 g/mol. The van der Waals surface area contributed by atoms with Crippen LogP contribution >= 0.6 is 39.9 Å². The Morgan fingerprint density at radius 1 is 1.37 bits per heavy atom. The van der Waals surface area contributed by atoms with Crippen LogP contribution in [0.4, 0.5) is 4.39 Å². The van der Waals surface area contributed by atoms with E-state index < -0.39 is 0 Å². The van der Waals surface area contributed by atoms with Crippen LogP contribution < -0.4 is 5.32 Å². The standard InChI is InChI=1S/C13H17BrClFN2.ClH/c14-10-1-2-12(15)11(9-10)13(3-4-16)18-7-5-17-6-8-18;/h1-2,9,13,17H,3-8H2;1H/t13-;/m1./s1. The largest absolute Gasteiger partial charge is 0.314 e. The second-order valence-corrected chi connectivity index (χ2v) is 5.77. The van der Waals surface area contributed by atoms with E-state index in [9.17, 15) is 4.39 Å². The van der Waals surface area contributed by atoms with Crippen LogP contribution in [0, 0.1) is 0 Å². The number of alkyl halides is 1. The van der Waals surface area contributed by atoms with Crippen LogP contribution in [-0.4, -0.2) is 37.8 Å². The van der Waals surface area contributed by atoms with Crippen LogP contribution in [0.5, 0.6) is 0 Å². The van der Waals surface area contributed by atoms with Crippen molar-refractivity contribution in [3.8, 4) is 0 Å². The van der Waals surface area contributed by atoms with Crippen molar-refractivity contribution in [3.05, 3.63) is 33.3 Å². The Morgan fingerprint density at radius 2 is 2.05 bits per heavy atom. The summed E-state index contributed by atoms with van der Waals surface area (Å²) < 4.78 is 13.8.